The highest BCUT2D eigenvalue weighted by molar-refractivity contribution is 9.10. The van der Waals surface area contributed by atoms with E-state index in [9.17, 15) is 4.79 Å². The molecule has 3 nitrogen and oxygen atoms in total. The fourth-order valence-corrected chi connectivity index (χ4v) is 3.30. The van der Waals surface area contributed by atoms with Gasteiger partial charge in [0.2, 0.25) is 0 Å². The second kappa shape index (κ2) is 6.90. The van der Waals surface area contributed by atoms with E-state index in [1.54, 1.807) is 11.3 Å². The minimum atomic E-state index is -0.0410. The van der Waals surface area contributed by atoms with Crippen LogP contribution in [0, 0.1) is 6.92 Å². The van der Waals surface area contributed by atoms with Crippen LogP contribution in [0.3, 0.4) is 0 Å². The van der Waals surface area contributed by atoms with Crippen molar-refractivity contribution in [1.29, 1.82) is 0 Å². The topological polar surface area (TPSA) is 41.1 Å². The van der Waals surface area contributed by atoms with Crippen molar-refractivity contribution in [3.63, 3.8) is 0 Å². The Hall–Kier alpha value is -1.33. The highest BCUT2D eigenvalue weighted by Crippen LogP contribution is 2.20. The number of carbonyl (C=O) groups excluding carboxylic acids is 1. The number of thiophene rings is 1. The Morgan fingerprint density at radius 1 is 1.35 bits per heavy atom. The highest BCUT2D eigenvalue weighted by atomic mass is 79.9. The Morgan fingerprint density at radius 3 is 2.75 bits per heavy atom. The molecule has 2 N–H and O–H groups in total. The van der Waals surface area contributed by atoms with Crippen LogP contribution in [0.4, 0.5) is 5.69 Å². The lowest BCUT2D eigenvalue weighted by Gasteiger charge is -2.09. The van der Waals surface area contributed by atoms with Crippen molar-refractivity contribution in [2.45, 2.75) is 20.4 Å². The second-order valence-electron chi connectivity index (χ2n) is 4.47. The number of hydrogen-bond acceptors (Lipinski definition) is 3. The van der Waals surface area contributed by atoms with Crippen molar-refractivity contribution in [3.05, 3.63) is 50.1 Å². The molecule has 1 aromatic heterocycles. The number of nitrogens with one attached hydrogen (secondary N) is 2. The molecule has 0 atom stereocenters. The first-order chi connectivity index (χ1) is 9.60. The number of amides is 1. The van der Waals surface area contributed by atoms with Gasteiger partial charge in [-0.1, -0.05) is 0 Å². The van der Waals surface area contributed by atoms with Crippen molar-refractivity contribution < 1.29 is 4.79 Å². The quantitative estimate of drug-likeness (QED) is 0.847. The van der Waals surface area contributed by atoms with Crippen molar-refractivity contribution in [2.75, 3.05) is 11.9 Å². The van der Waals surface area contributed by atoms with Crippen LogP contribution >= 0.6 is 27.3 Å². The Kier molecular flexibility index (Phi) is 5.20. The standard InChI is InChI=1S/C15H17BrN2OS/c1-3-17-14-5-4-11(6-10(14)2)15(19)18-8-13-7-12(16)9-20-13/h4-7,9,17H,3,8H2,1-2H3,(H,18,19). The van der Waals surface area contributed by atoms with Gasteiger partial charge >= 0.3 is 0 Å². The largest absolute Gasteiger partial charge is 0.385 e. The molecule has 1 aromatic carbocycles. The normalized spacial score (nSPS) is 10.3. The second-order valence-corrected chi connectivity index (χ2v) is 6.39. The average Bonchev–Trinajstić information content (AvgIpc) is 2.84. The number of anilines is 1. The zero-order valence-electron chi connectivity index (χ0n) is 11.5. The van der Waals surface area contributed by atoms with E-state index in [1.165, 1.54) is 0 Å². The summed E-state index contributed by atoms with van der Waals surface area (Å²) < 4.78 is 1.05. The Morgan fingerprint density at radius 2 is 2.15 bits per heavy atom. The molecule has 2 rings (SSSR count). The fraction of sp³-hybridized carbons (Fsp3) is 0.267. The van der Waals surface area contributed by atoms with Crippen LogP contribution in [-0.2, 0) is 6.54 Å². The third-order valence-electron chi connectivity index (χ3n) is 2.90. The molecule has 0 saturated carbocycles. The SMILES string of the molecule is CCNc1ccc(C(=O)NCc2cc(Br)cs2)cc1C. The van der Waals surface area contributed by atoms with Gasteiger partial charge in [0.05, 0.1) is 6.54 Å². The third kappa shape index (κ3) is 3.84. The van der Waals surface area contributed by atoms with Crippen LogP contribution < -0.4 is 10.6 Å². The third-order valence-corrected chi connectivity index (χ3v) is 4.60. The van der Waals surface area contributed by atoms with Crippen molar-refractivity contribution in [3.8, 4) is 0 Å². The zero-order valence-corrected chi connectivity index (χ0v) is 13.9. The summed E-state index contributed by atoms with van der Waals surface area (Å²) in [6.07, 6.45) is 0. The molecule has 5 heteroatoms. The first kappa shape index (κ1) is 15.1. The lowest BCUT2D eigenvalue weighted by molar-refractivity contribution is 0.0951. The van der Waals surface area contributed by atoms with Crippen molar-refractivity contribution >= 4 is 38.9 Å². The molecule has 0 spiro atoms. The van der Waals surface area contributed by atoms with E-state index in [0.29, 0.717) is 12.1 Å². The van der Waals surface area contributed by atoms with Gasteiger partial charge in [0.15, 0.2) is 0 Å². The van der Waals surface area contributed by atoms with Gasteiger partial charge in [-0.15, -0.1) is 11.3 Å². The maximum atomic E-state index is 12.1. The van der Waals surface area contributed by atoms with E-state index in [0.717, 1.165) is 27.1 Å². The predicted octanol–water partition coefficient (Wildman–Crippen LogP) is 4.18. The molecule has 0 bridgehead atoms. The van der Waals surface area contributed by atoms with Gasteiger partial charge in [0.25, 0.3) is 5.91 Å². The average molecular weight is 353 g/mol. The summed E-state index contributed by atoms with van der Waals surface area (Å²) in [6.45, 7) is 5.49. The molecule has 0 aliphatic carbocycles. The molecule has 0 unspecified atom stereocenters. The number of rotatable bonds is 5. The van der Waals surface area contributed by atoms with E-state index in [4.69, 9.17) is 0 Å². The van der Waals surface area contributed by atoms with E-state index in [2.05, 4.69) is 33.5 Å². The molecule has 1 heterocycles. The summed E-state index contributed by atoms with van der Waals surface area (Å²) in [5, 5.41) is 8.22. The summed E-state index contributed by atoms with van der Waals surface area (Å²) in [5.41, 5.74) is 2.85. The van der Waals surface area contributed by atoms with Gasteiger partial charge < -0.3 is 10.6 Å². The van der Waals surface area contributed by atoms with Gasteiger partial charge in [0, 0.05) is 32.5 Å². The highest BCUT2D eigenvalue weighted by Gasteiger charge is 2.08. The van der Waals surface area contributed by atoms with Gasteiger partial charge in [-0.3, -0.25) is 4.79 Å². The molecule has 0 fully saturated rings. The van der Waals surface area contributed by atoms with Crippen molar-refractivity contribution in [2.24, 2.45) is 0 Å². The number of aryl methyl sites for hydroxylation is 1. The lowest BCUT2D eigenvalue weighted by Crippen LogP contribution is -2.22. The smallest absolute Gasteiger partial charge is 0.251 e. The van der Waals surface area contributed by atoms with Crippen LogP contribution in [0.2, 0.25) is 0 Å². The molecule has 0 saturated heterocycles. The predicted molar refractivity (Wildman–Crippen MR) is 88.5 cm³/mol. The fourth-order valence-electron chi connectivity index (χ4n) is 1.91. The molecule has 2 aromatic rings. The van der Waals surface area contributed by atoms with E-state index >= 15 is 0 Å². The van der Waals surface area contributed by atoms with Crippen LogP contribution in [0.5, 0.6) is 0 Å². The first-order valence-electron chi connectivity index (χ1n) is 6.45. The van der Waals surface area contributed by atoms with E-state index < -0.39 is 0 Å². The van der Waals surface area contributed by atoms with Crippen LogP contribution in [-0.4, -0.2) is 12.5 Å². The van der Waals surface area contributed by atoms with Crippen molar-refractivity contribution in [1.82, 2.24) is 5.32 Å². The maximum Gasteiger partial charge on any atom is 0.251 e. The number of benzene rings is 1. The molecular formula is C15H17BrN2OS. The maximum absolute atomic E-state index is 12.1. The summed E-state index contributed by atoms with van der Waals surface area (Å²) in [5.74, 6) is -0.0410. The summed E-state index contributed by atoms with van der Waals surface area (Å²) >= 11 is 5.03. The van der Waals surface area contributed by atoms with Crippen LogP contribution in [0.15, 0.2) is 34.1 Å². The van der Waals surface area contributed by atoms with Gasteiger partial charge in [-0.05, 0) is 59.6 Å². The summed E-state index contributed by atoms with van der Waals surface area (Å²) in [6, 6.07) is 7.74. The molecule has 0 radical (unpaired) electrons. The summed E-state index contributed by atoms with van der Waals surface area (Å²) in [7, 11) is 0. The van der Waals surface area contributed by atoms with Crippen LogP contribution in [0.1, 0.15) is 27.7 Å². The van der Waals surface area contributed by atoms with Crippen LogP contribution in [0.25, 0.3) is 0 Å². The number of hydrogen-bond donors (Lipinski definition) is 2. The molecule has 0 aliphatic rings. The van der Waals surface area contributed by atoms with Gasteiger partial charge in [-0.25, -0.2) is 0 Å². The molecule has 106 valence electrons. The summed E-state index contributed by atoms with van der Waals surface area (Å²) in [4.78, 5) is 13.2. The Labute approximate surface area is 131 Å². The molecular weight excluding hydrogens is 336 g/mol. The Bertz CT molecular complexity index is 610. The minimum absolute atomic E-state index is 0.0410. The molecule has 1 amide bonds. The number of carbonyl (C=O) groups is 1. The van der Waals surface area contributed by atoms with Gasteiger partial charge in [-0.2, -0.15) is 0 Å². The molecule has 0 aliphatic heterocycles. The zero-order chi connectivity index (χ0) is 14.5. The lowest BCUT2D eigenvalue weighted by atomic mass is 10.1. The van der Waals surface area contributed by atoms with E-state index in [-0.39, 0.29) is 5.91 Å². The number of halogens is 1. The molecule has 20 heavy (non-hydrogen) atoms. The first-order valence-corrected chi connectivity index (χ1v) is 8.13. The van der Waals surface area contributed by atoms with E-state index in [1.807, 2.05) is 36.6 Å². The van der Waals surface area contributed by atoms with Gasteiger partial charge in [0.1, 0.15) is 0 Å². The Balaban J connectivity index is 2.00. The monoisotopic (exact) mass is 352 g/mol. The minimum Gasteiger partial charge on any atom is -0.385 e.